The number of nitrogens with one attached hydrogen (secondary N) is 1. The molecule has 0 saturated heterocycles. The molecule has 0 spiro atoms. The number of sulfonamides is 1. The summed E-state index contributed by atoms with van der Waals surface area (Å²) in [5.41, 5.74) is 2.96. The number of rotatable bonds is 10. The van der Waals surface area contributed by atoms with Crippen LogP contribution in [-0.4, -0.2) is 69.6 Å². The lowest BCUT2D eigenvalue weighted by Gasteiger charge is -2.20. The number of hydrogen-bond donors (Lipinski definition) is 1. The Morgan fingerprint density at radius 1 is 1.06 bits per heavy atom. The maximum Gasteiger partial charge on any atom is 0.243 e. The van der Waals surface area contributed by atoms with Gasteiger partial charge in [-0.15, -0.1) is 0 Å². The van der Waals surface area contributed by atoms with E-state index in [0.717, 1.165) is 42.0 Å². The smallest absolute Gasteiger partial charge is 0.243 e. The van der Waals surface area contributed by atoms with Crippen LogP contribution < -0.4 is 5.32 Å². The largest absolute Gasteiger partial charge is 0.368 e. The van der Waals surface area contributed by atoms with Gasteiger partial charge in [-0.1, -0.05) is 42.5 Å². The van der Waals surface area contributed by atoms with E-state index in [9.17, 15) is 13.2 Å². The van der Waals surface area contributed by atoms with Crippen molar-refractivity contribution in [3.05, 3.63) is 65.2 Å². The molecule has 2 aromatic rings. The van der Waals surface area contributed by atoms with Crippen molar-refractivity contribution in [3.8, 4) is 0 Å². The van der Waals surface area contributed by atoms with Crippen molar-refractivity contribution in [3.63, 3.8) is 0 Å². The molecule has 172 valence electrons. The lowest BCUT2D eigenvalue weighted by Crippen LogP contribution is -2.31. The summed E-state index contributed by atoms with van der Waals surface area (Å²) in [5, 5.41) is 3.26. The van der Waals surface area contributed by atoms with Crippen LogP contribution in [0, 0.1) is 6.92 Å². The minimum absolute atomic E-state index is 0.0211. The van der Waals surface area contributed by atoms with Gasteiger partial charge < -0.3 is 10.2 Å². The normalized spacial score (nSPS) is 13.7. The number of benzene rings is 2. The van der Waals surface area contributed by atoms with Gasteiger partial charge >= 0.3 is 0 Å². The third-order valence-corrected chi connectivity index (χ3v) is 7.73. The van der Waals surface area contributed by atoms with Crippen molar-refractivity contribution < 1.29 is 13.2 Å². The van der Waals surface area contributed by atoms with E-state index >= 15 is 0 Å². The number of hydrogen-bond acceptors (Lipinski definition) is 5. The summed E-state index contributed by atoms with van der Waals surface area (Å²) < 4.78 is 26.8. The lowest BCUT2D eigenvalue weighted by atomic mass is 10.1. The van der Waals surface area contributed by atoms with Gasteiger partial charge in [-0.05, 0) is 37.0 Å². The van der Waals surface area contributed by atoms with Crippen molar-refractivity contribution in [1.29, 1.82) is 0 Å². The number of nitrogens with zero attached hydrogens (tertiary/aromatic N) is 3. The molecule has 2 aromatic carbocycles. The fourth-order valence-electron chi connectivity index (χ4n) is 3.62. The molecular weight excluding hydrogens is 424 g/mol. The van der Waals surface area contributed by atoms with Crippen LogP contribution >= 0.6 is 0 Å². The summed E-state index contributed by atoms with van der Waals surface area (Å²) >= 11 is 0. The second kappa shape index (κ2) is 10.7. The predicted octanol–water partition coefficient (Wildman–Crippen LogP) is 2.45. The van der Waals surface area contributed by atoms with Gasteiger partial charge in [0, 0.05) is 45.7 Å². The van der Waals surface area contributed by atoms with Crippen molar-refractivity contribution >= 4 is 21.8 Å². The zero-order valence-electron chi connectivity index (χ0n) is 19.0. The molecule has 0 saturated carbocycles. The highest BCUT2D eigenvalue weighted by Gasteiger charge is 2.22. The SMILES string of the molecule is Cc1ccccc1S(=O)(=O)N(C)CCCC(=O)N(C)CCc1ccc(C2=NCCN2)cc1. The fraction of sp³-hybridized carbons (Fsp3) is 0.417. The van der Waals surface area contributed by atoms with Crippen molar-refractivity contribution in [2.75, 3.05) is 40.3 Å². The third kappa shape index (κ3) is 5.95. The van der Waals surface area contributed by atoms with Gasteiger partial charge in [-0.2, -0.15) is 0 Å². The van der Waals surface area contributed by atoms with Gasteiger partial charge in [0.15, 0.2) is 0 Å². The highest BCUT2D eigenvalue weighted by Crippen LogP contribution is 2.18. The Morgan fingerprint density at radius 2 is 1.78 bits per heavy atom. The quantitative estimate of drug-likeness (QED) is 0.595. The molecule has 0 unspecified atom stereocenters. The van der Waals surface area contributed by atoms with E-state index in [-0.39, 0.29) is 5.91 Å². The molecule has 3 rings (SSSR count). The molecule has 1 amide bonds. The summed E-state index contributed by atoms with van der Waals surface area (Å²) in [6, 6.07) is 15.2. The number of carbonyl (C=O) groups is 1. The Labute approximate surface area is 191 Å². The fourth-order valence-corrected chi connectivity index (χ4v) is 5.05. The highest BCUT2D eigenvalue weighted by molar-refractivity contribution is 7.89. The third-order valence-electron chi connectivity index (χ3n) is 5.71. The molecule has 0 radical (unpaired) electrons. The summed E-state index contributed by atoms with van der Waals surface area (Å²) in [4.78, 5) is 18.9. The van der Waals surface area contributed by atoms with Crippen molar-refractivity contribution in [2.45, 2.75) is 31.1 Å². The minimum Gasteiger partial charge on any atom is -0.368 e. The molecule has 0 atom stereocenters. The van der Waals surface area contributed by atoms with Gasteiger partial charge in [-0.25, -0.2) is 12.7 Å². The average molecular weight is 457 g/mol. The number of amides is 1. The van der Waals surface area contributed by atoms with Crippen LogP contribution in [0.1, 0.15) is 29.5 Å². The molecule has 0 aromatic heterocycles. The van der Waals surface area contributed by atoms with E-state index in [1.807, 2.05) is 6.07 Å². The molecular formula is C24H32N4O3S. The van der Waals surface area contributed by atoms with E-state index in [2.05, 4.69) is 34.6 Å². The first-order valence-corrected chi connectivity index (χ1v) is 12.4. The Bertz CT molecular complexity index is 1060. The summed E-state index contributed by atoms with van der Waals surface area (Å²) in [6.07, 6.45) is 1.56. The van der Waals surface area contributed by atoms with Crippen LogP contribution in [0.2, 0.25) is 0 Å². The number of likely N-dealkylation sites (N-methyl/N-ethyl adjacent to an activating group) is 1. The van der Waals surface area contributed by atoms with Crippen molar-refractivity contribution in [2.24, 2.45) is 4.99 Å². The maximum absolute atomic E-state index is 12.7. The van der Waals surface area contributed by atoms with Gasteiger partial charge in [0.2, 0.25) is 15.9 Å². The summed E-state index contributed by atoms with van der Waals surface area (Å²) in [5.74, 6) is 0.964. The minimum atomic E-state index is -3.55. The van der Waals surface area contributed by atoms with E-state index in [0.29, 0.717) is 30.8 Å². The van der Waals surface area contributed by atoms with Crippen LogP contribution in [-0.2, 0) is 21.2 Å². The van der Waals surface area contributed by atoms with E-state index < -0.39 is 10.0 Å². The van der Waals surface area contributed by atoms with Gasteiger partial charge in [0.05, 0.1) is 11.4 Å². The highest BCUT2D eigenvalue weighted by atomic mass is 32.2. The van der Waals surface area contributed by atoms with Crippen LogP contribution in [0.5, 0.6) is 0 Å². The Kier molecular flexibility index (Phi) is 8.04. The van der Waals surface area contributed by atoms with E-state index in [4.69, 9.17) is 0 Å². The first-order valence-electron chi connectivity index (χ1n) is 10.9. The second-order valence-electron chi connectivity index (χ2n) is 8.11. The van der Waals surface area contributed by atoms with E-state index in [1.54, 1.807) is 44.1 Å². The van der Waals surface area contributed by atoms with Crippen LogP contribution in [0.4, 0.5) is 0 Å². The molecule has 7 nitrogen and oxygen atoms in total. The molecule has 0 fully saturated rings. The van der Waals surface area contributed by atoms with E-state index in [1.165, 1.54) is 4.31 Å². The average Bonchev–Trinajstić information content (AvgIpc) is 3.32. The number of amidine groups is 1. The molecule has 32 heavy (non-hydrogen) atoms. The first-order chi connectivity index (χ1) is 15.3. The van der Waals surface area contributed by atoms with Gasteiger partial charge in [0.25, 0.3) is 0 Å². The van der Waals surface area contributed by atoms with Crippen LogP contribution in [0.25, 0.3) is 0 Å². The maximum atomic E-state index is 12.7. The molecule has 1 heterocycles. The summed E-state index contributed by atoms with van der Waals surface area (Å²) in [7, 11) is -0.193. The summed E-state index contributed by atoms with van der Waals surface area (Å²) in [6.45, 7) is 4.41. The molecule has 0 aliphatic carbocycles. The number of carbonyl (C=O) groups excluding carboxylic acids is 1. The van der Waals surface area contributed by atoms with Gasteiger partial charge in [-0.3, -0.25) is 9.79 Å². The molecule has 1 aliphatic heterocycles. The van der Waals surface area contributed by atoms with Crippen LogP contribution in [0.3, 0.4) is 0 Å². The lowest BCUT2D eigenvalue weighted by molar-refractivity contribution is -0.130. The molecule has 1 N–H and O–H groups in total. The monoisotopic (exact) mass is 456 g/mol. The second-order valence-corrected chi connectivity index (χ2v) is 10.1. The van der Waals surface area contributed by atoms with Gasteiger partial charge in [0.1, 0.15) is 5.84 Å². The first kappa shape index (κ1) is 23.9. The Morgan fingerprint density at radius 3 is 2.44 bits per heavy atom. The topological polar surface area (TPSA) is 82.1 Å². The zero-order chi connectivity index (χ0) is 23.1. The molecule has 1 aliphatic rings. The number of aliphatic imine (C=N–C) groups is 1. The Hall–Kier alpha value is -2.71. The van der Waals surface area contributed by atoms with Crippen molar-refractivity contribution in [1.82, 2.24) is 14.5 Å². The molecule has 0 bridgehead atoms. The molecule has 8 heteroatoms. The standard InChI is InChI=1S/C24H32N4O3S/c1-19-7-4-5-8-22(19)32(30,31)28(3)17-6-9-23(29)27(2)18-14-20-10-12-21(13-11-20)24-25-15-16-26-24/h4-5,7-8,10-13H,6,9,14-18H2,1-3H3,(H,25,26). The number of aryl methyl sites for hydroxylation is 1. The predicted molar refractivity (Wildman–Crippen MR) is 127 cm³/mol. The zero-order valence-corrected chi connectivity index (χ0v) is 19.9. The Balaban J connectivity index is 1.43. The van der Waals surface area contributed by atoms with Crippen LogP contribution in [0.15, 0.2) is 58.4 Å².